The first-order chi connectivity index (χ1) is 7.62. The predicted octanol–water partition coefficient (Wildman–Crippen LogP) is 1.05. The largest absolute Gasteiger partial charge is 0.469 e. The molecule has 1 rings (SSSR count). The van der Waals surface area contributed by atoms with E-state index in [0.29, 0.717) is 0 Å². The molecule has 0 aromatic heterocycles. The van der Waals surface area contributed by atoms with Gasteiger partial charge in [-0.25, -0.2) is 0 Å². The van der Waals surface area contributed by atoms with E-state index in [2.05, 4.69) is 4.74 Å². The minimum Gasteiger partial charge on any atom is -0.469 e. The summed E-state index contributed by atoms with van der Waals surface area (Å²) in [5.41, 5.74) is 6.21. The van der Waals surface area contributed by atoms with Crippen molar-refractivity contribution in [2.45, 2.75) is 12.0 Å². The maximum atomic E-state index is 11.3. The summed E-state index contributed by atoms with van der Waals surface area (Å²) in [6, 6.07) is 9.41. The van der Waals surface area contributed by atoms with E-state index < -0.39 is 5.54 Å². The van der Waals surface area contributed by atoms with Crippen molar-refractivity contribution in [3.63, 3.8) is 0 Å². The molecule has 0 bridgehead atoms. The Bertz CT molecular complexity index is 339. The number of esters is 1. The molecule has 0 aliphatic rings. The van der Waals surface area contributed by atoms with Gasteiger partial charge in [-0.3, -0.25) is 4.79 Å². The van der Waals surface area contributed by atoms with Gasteiger partial charge in [-0.1, -0.05) is 30.3 Å². The fourth-order valence-electron chi connectivity index (χ4n) is 1.59. The van der Waals surface area contributed by atoms with Crippen molar-refractivity contribution in [2.24, 2.45) is 5.73 Å². The molecule has 2 N–H and O–H groups in total. The highest BCUT2D eigenvalue weighted by Gasteiger charge is 2.30. The molecule has 0 heterocycles. The standard InChI is InChI=1S/C12H17NO3/c1-15-9-12(13,8-11(14)16-2)10-6-4-3-5-7-10/h3-7H,8-9,13H2,1-2H3. The second-order valence-electron chi connectivity index (χ2n) is 3.71. The average molecular weight is 223 g/mol. The molecule has 1 aromatic rings. The zero-order chi connectivity index (χ0) is 12.0. The molecule has 0 aliphatic heterocycles. The Morgan fingerprint density at radius 3 is 2.44 bits per heavy atom. The molecule has 0 radical (unpaired) electrons. The van der Waals surface area contributed by atoms with Gasteiger partial charge in [0.15, 0.2) is 0 Å². The van der Waals surface area contributed by atoms with Crippen LogP contribution in [0.2, 0.25) is 0 Å². The van der Waals surface area contributed by atoms with E-state index in [-0.39, 0.29) is 19.0 Å². The first kappa shape index (κ1) is 12.7. The Morgan fingerprint density at radius 2 is 1.94 bits per heavy atom. The highest BCUT2D eigenvalue weighted by molar-refractivity contribution is 5.71. The van der Waals surface area contributed by atoms with Crippen LogP contribution in [0.1, 0.15) is 12.0 Å². The lowest BCUT2D eigenvalue weighted by Gasteiger charge is -2.28. The van der Waals surface area contributed by atoms with E-state index in [9.17, 15) is 4.79 Å². The summed E-state index contributed by atoms with van der Waals surface area (Å²) in [5.74, 6) is -0.344. The predicted molar refractivity (Wildman–Crippen MR) is 60.8 cm³/mol. The molecule has 0 aliphatic carbocycles. The van der Waals surface area contributed by atoms with Crippen molar-refractivity contribution in [1.29, 1.82) is 0 Å². The van der Waals surface area contributed by atoms with Crippen LogP contribution >= 0.6 is 0 Å². The molecule has 88 valence electrons. The van der Waals surface area contributed by atoms with Gasteiger partial charge in [-0.05, 0) is 5.56 Å². The van der Waals surface area contributed by atoms with Gasteiger partial charge in [0.2, 0.25) is 0 Å². The Hall–Kier alpha value is -1.39. The van der Waals surface area contributed by atoms with E-state index in [1.807, 2.05) is 30.3 Å². The van der Waals surface area contributed by atoms with Crippen molar-refractivity contribution in [3.8, 4) is 0 Å². The zero-order valence-electron chi connectivity index (χ0n) is 9.60. The average Bonchev–Trinajstić information content (AvgIpc) is 2.30. The molecule has 1 unspecified atom stereocenters. The molecule has 1 atom stereocenters. The third-order valence-electron chi connectivity index (χ3n) is 2.44. The summed E-state index contributed by atoms with van der Waals surface area (Å²) in [4.78, 5) is 11.3. The van der Waals surface area contributed by atoms with Crippen LogP contribution < -0.4 is 5.73 Å². The van der Waals surface area contributed by atoms with Gasteiger partial charge in [-0.15, -0.1) is 0 Å². The number of hydrogen-bond acceptors (Lipinski definition) is 4. The molecule has 0 fully saturated rings. The monoisotopic (exact) mass is 223 g/mol. The second kappa shape index (κ2) is 5.63. The zero-order valence-corrected chi connectivity index (χ0v) is 9.60. The van der Waals surface area contributed by atoms with Crippen LogP contribution in [0.5, 0.6) is 0 Å². The molecule has 0 saturated heterocycles. The number of carbonyl (C=O) groups excluding carboxylic acids is 1. The van der Waals surface area contributed by atoms with Crippen LogP contribution in [-0.2, 0) is 19.8 Å². The van der Waals surface area contributed by atoms with Gasteiger partial charge in [-0.2, -0.15) is 0 Å². The van der Waals surface area contributed by atoms with E-state index in [1.54, 1.807) is 7.11 Å². The molecular weight excluding hydrogens is 206 g/mol. The Morgan fingerprint density at radius 1 is 1.31 bits per heavy atom. The van der Waals surface area contributed by atoms with Gasteiger partial charge in [0.05, 0.1) is 25.7 Å². The van der Waals surface area contributed by atoms with Crippen molar-refractivity contribution in [3.05, 3.63) is 35.9 Å². The Labute approximate surface area is 95.3 Å². The molecule has 0 saturated carbocycles. The summed E-state index contributed by atoms with van der Waals surface area (Å²) in [6.07, 6.45) is 0.0986. The summed E-state index contributed by atoms with van der Waals surface area (Å²) in [6.45, 7) is 0.270. The van der Waals surface area contributed by atoms with Crippen molar-refractivity contribution < 1.29 is 14.3 Å². The Balaban J connectivity index is 2.92. The maximum Gasteiger partial charge on any atom is 0.307 e. The molecular formula is C12H17NO3. The normalized spacial score (nSPS) is 14.2. The summed E-state index contributed by atoms with van der Waals surface area (Å²) in [7, 11) is 2.91. The molecule has 4 nitrogen and oxygen atoms in total. The van der Waals surface area contributed by atoms with Gasteiger partial charge >= 0.3 is 5.97 Å². The minimum absolute atomic E-state index is 0.0986. The molecule has 16 heavy (non-hydrogen) atoms. The maximum absolute atomic E-state index is 11.3. The quantitative estimate of drug-likeness (QED) is 0.758. The number of methoxy groups -OCH3 is 2. The number of hydrogen-bond donors (Lipinski definition) is 1. The van der Waals surface area contributed by atoms with E-state index in [1.165, 1.54) is 7.11 Å². The van der Waals surface area contributed by atoms with Crippen molar-refractivity contribution in [2.75, 3.05) is 20.8 Å². The Kier molecular flexibility index (Phi) is 4.46. The van der Waals surface area contributed by atoms with Gasteiger partial charge in [0.1, 0.15) is 0 Å². The van der Waals surface area contributed by atoms with E-state index in [0.717, 1.165) is 5.56 Å². The lowest BCUT2D eigenvalue weighted by atomic mass is 9.88. The molecule has 1 aromatic carbocycles. The van der Waals surface area contributed by atoms with Crippen LogP contribution in [-0.4, -0.2) is 26.8 Å². The van der Waals surface area contributed by atoms with Crippen molar-refractivity contribution >= 4 is 5.97 Å². The van der Waals surface area contributed by atoms with Gasteiger partial charge < -0.3 is 15.2 Å². The lowest BCUT2D eigenvalue weighted by Crippen LogP contribution is -2.43. The first-order valence-corrected chi connectivity index (χ1v) is 5.02. The smallest absolute Gasteiger partial charge is 0.307 e. The SMILES string of the molecule is COCC(N)(CC(=O)OC)c1ccccc1. The highest BCUT2D eigenvalue weighted by atomic mass is 16.5. The van der Waals surface area contributed by atoms with Crippen LogP contribution in [0.15, 0.2) is 30.3 Å². The van der Waals surface area contributed by atoms with Crippen LogP contribution in [0.25, 0.3) is 0 Å². The second-order valence-corrected chi connectivity index (χ2v) is 3.71. The fourth-order valence-corrected chi connectivity index (χ4v) is 1.59. The first-order valence-electron chi connectivity index (χ1n) is 5.02. The summed E-state index contributed by atoms with van der Waals surface area (Å²) < 4.78 is 9.71. The number of carbonyl (C=O) groups is 1. The highest BCUT2D eigenvalue weighted by Crippen LogP contribution is 2.22. The number of benzene rings is 1. The molecule has 0 amide bonds. The van der Waals surface area contributed by atoms with Crippen LogP contribution in [0.4, 0.5) is 0 Å². The van der Waals surface area contributed by atoms with Crippen molar-refractivity contribution in [1.82, 2.24) is 0 Å². The van der Waals surface area contributed by atoms with E-state index >= 15 is 0 Å². The summed E-state index contributed by atoms with van der Waals surface area (Å²) in [5, 5.41) is 0. The minimum atomic E-state index is -0.830. The summed E-state index contributed by atoms with van der Waals surface area (Å²) >= 11 is 0. The van der Waals surface area contributed by atoms with Gasteiger partial charge in [0, 0.05) is 7.11 Å². The third kappa shape index (κ3) is 3.05. The number of rotatable bonds is 5. The van der Waals surface area contributed by atoms with Crippen LogP contribution in [0.3, 0.4) is 0 Å². The number of ether oxygens (including phenoxy) is 2. The van der Waals surface area contributed by atoms with Gasteiger partial charge in [0.25, 0.3) is 0 Å². The van der Waals surface area contributed by atoms with Crippen LogP contribution in [0, 0.1) is 0 Å². The fraction of sp³-hybridized carbons (Fsp3) is 0.417. The van der Waals surface area contributed by atoms with E-state index in [4.69, 9.17) is 10.5 Å². The number of nitrogens with two attached hydrogens (primary N) is 1. The topological polar surface area (TPSA) is 61.5 Å². The third-order valence-corrected chi connectivity index (χ3v) is 2.44. The molecule has 4 heteroatoms. The lowest BCUT2D eigenvalue weighted by molar-refractivity contribution is -0.142. The molecule has 0 spiro atoms.